The van der Waals surface area contributed by atoms with Gasteiger partial charge in [0.1, 0.15) is 6.04 Å². The van der Waals surface area contributed by atoms with E-state index in [0.29, 0.717) is 26.1 Å². The molecule has 6 heteroatoms. The van der Waals surface area contributed by atoms with Crippen LogP contribution in [0.15, 0.2) is 23.1 Å². The van der Waals surface area contributed by atoms with Gasteiger partial charge in [-0.2, -0.15) is 0 Å². The van der Waals surface area contributed by atoms with Crippen molar-refractivity contribution < 1.29 is 14.3 Å². The van der Waals surface area contributed by atoms with Crippen molar-refractivity contribution in [3.05, 3.63) is 34.2 Å². The van der Waals surface area contributed by atoms with Crippen molar-refractivity contribution in [3.63, 3.8) is 0 Å². The second kappa shape index (κ2) is 11.1. The summed E-state index contributed by atoms with van der Waals surface area (Å²) in [6.07, 6.45) is 3.74. The van der Waals surface area contributed by atoms with Crippen molar-refractivity contribution in [1.29, 1.82) is 0 Å². The number of aromatic nitrogens is 1. The molecular formula is C19H32N2O4. The fourth-order valence-electron chi connectivity index (χ4n) is 2.54. The highest BCUT2D eigenvalue weighted by molar-refractivity contribution is 5.74. The van der Waals surface area contributed by atoms with Gasteiger partial charge >= 0.3 is 5.97 Å². The van der Waals surface area contributed by atoms with Crippen molar-refractivity contribution in [2.75, 3.05) is 41.0 Å². The number of esters is 1. The molecule has 1 heterocycles. The Morgan fingerprint density at radius 1 is 1.28 bits per heavy atom. The molecule has 0 radical (unpaired) electrons. The minimum atomic E-state index is -0.585. The number of likely N-dealkylation sites (N-methyl/N-ethyl adjacent to an activating group) is 1. The number of hydrogen-bond acceptors (Lipinski definition) is 5. The van der Waals surface area contributed by atoms with Crippen molar-refractivity contribution in [2.24, 2.45) is 5.92 Å². The third-order valence-electron chi connectivity index (χ3n) is 3.90. The number of ether oxygens (including phenoxy) is 2. The van der Waals surface area contributed by atoms with E-state index < -0.39 is 6.04 Å². The molecule has 0 saturated carbocycles. The minimum absolute atomic E-state index is 0.157. The molecule has 0 aliphatic carbocycles. The van der Waals surface area contributed by atoms with Crippen LogP contribution in [0.25, 0.3) is 0 Å². The van der Waals surface area contributed by atoms with E-state index in [9.17, 15) is 9.59 Å². The van der Waals surface area contributed by atoms with Crippen molar-refractivity contribution in [3.8, 4) is 0 Å². The average Bonchev–Trinajstić information content (AvgIpc) is 2.55. The first-order valence-electron chi connectivity index (χ1n) is 8.86. The molecule has 1 rings (SSSR count). The summed E-state index contributed by atoms with van der Waals surface area (Å²) in [7, 11) is 5.61. The van der Waals surface area contributed by atoms with Gasteiger partial charge in [-0.3, -0.25) is 4.79 Å². The van der Waals surface area contributed by atoms with Gasteiger partial charge in [-0.05, 0) is 44.5 Å². The minimum Gasteiger partial charge on any atom is -0.464 e. The van der Waals surface area contributed by atoms with Crippen LogP contribution in [-0.4, -0.2) is 56.4 Å². The lowest BCUT2D eigenvalue weighted by atomic mass is 10.0. The van der Waals surface area contributed by atoms with E-state index >= 15 is 0 Å². The van der Waals surface area contributed by atoms with Crippen LogP contribution in [0, 0.1) is 5.92 Å². The number of nitrogens with zero attached hydrogens (tertiary/aromatic N) is 2. The number of pyridine rings is 1. The van der Waals surface area contributed by atoms with Gasteiger partial charge in [0.25, 0.3) is 5.56 Å². The quantitative estimate of drug-likeness (QED) is 0.451. The van der Waals surface area contributed by atoms with Crippen LogP contribution < -0.4 is 5.56 Å². The molecule has 1 atom stereocenters. The second-order valence-electron chi connectivity index (χ2n) is 6.99. The summed E-state index contributed by atoms with van der Waals surface area (Å²) in [6.45, 7) is 5.78. The molecule has 0 bridgehead atoms. The number of rotatable bonds is 11. The predicted molar refractivity (Wildman–Crippen MR) is 98.9 cm³/mol. The summed E-state index contributed by atoms with van der Waals surface area (Å²) in [4.78, 5) is 27.0. The molecule has 1 unspecified atom stereocenters. The zero-order valence-corrected chi connectivity index (χ0v) is 16.2. The zero-order chi connectivity index (χ0) is 18.8. The third kappa shape index (κ3) is 7.84. The van der Waals surface area contributed by atoms with Crippen LogP contribution in [0.4, 0.5) is 0 Å². The maximum absolute atomic E-state index is 12.5. The predicted octanol–water partition coefficient (Wildman–Crippen LogP) is 2.12. The molecule has 0 saturated heterocycles. The van der Waals surface area contributed by atoms with Gasteiger partial charge in [0.15, 0.2) is 0 Å². The fourth-order valence-corrected chi connectivity index (χ4v) is 2.54. The number of carbonyl (C=O) groups excluding carboxylic acids is 1. The Balaban J connectivity index is 2.87. The van der Waals surface area contributed by atoms with Crippen molar-refractivity contribution in [1.82, 2.24) is 9.47 Å². The molecule has 0 amide bonds. The molecular weight excluding hydrogens is 320 g/mol. The van der Waals surface area contributed by atoms with Gasteiger partial charge in [-0.25, -0.2) is 4.79 Å². The molecule has 0 aliphatic rings. The molecule has 1 aromatic rings. The van der Waals surface area contributed by atoms with Gasteiger partial charge in [-0.1, -0.05) is 13.8 Å². The van der Waals surface area contributed by atoms with E-state index in [4.69, 9.17) is 9.47 Å². The summed E-state index contributed by atoms with van der Waals surface area (Å²) < 4.78 is 11.8. The Morgan fingerprint density at radius 3 is 2.56 bits per heavy atom. The fraction of sp³-hybridized carbons (Fsp3) is 0.684. The third-order valence-corrected chi connectivity index (χ3v) is 3.90. The maximum atomic E-state index is 12.5. The summed E-state index contributed by atoms with van der Waals surface area (Å²) in [6, 6.07) is 2.95. The van der Waals surface area contributed by atoms with E-state index in [1.165, 1.54) is 4.57 Å². The highest BCUT2D eigenvalue weighted by Crippen LogP contribution is 2.18. The zero-order valence-electron chi connectivity index (χ0n) is 16.2. The maximum Gasteiger partial charge on any atom is 0.329 e. The molecule has 0 aliphatic heterocycles. The summed E-state index contributed by atoms with van der Waals surface area (Å²) in [5, 5.41) is 0. The van der Waals surface area contributed by atoms with Gasteiger partial charge in [0, 0.05) is 38.9 Å². The van der Waals surface area contributed by atoms with E-state index in [0.717, 1.165) is 18.5 Å². The molecule has 0 spiro atoms. The lowest BCUT2D eigenvalue weighted by Gasteiger charge is -2.21. The summed E-state index contributed by atoms with van der Waals surface area (Å²) in [5.41, 5.74) is 0.822. The van der Waals surface area contributed by atoms with Crippen LogP contribution >= 0.6 is 0 Å². The largest absolute Gasteiger partial charge is 0.464 e. The van der Waals surface area contributed by atoms with E-state index in [1.807, 2.05) is 34.0 Å². The Hall–Kier alpha value is -1.66. The lowest BCUT2D eigenvalue weighted by molar-refractivity contribution is -0.148. The number of carbonyl (C=O) groups is 1. The number of hydrogen-bond donors (Lipinski definition) is 0. The normalized spacial score (nSPS) is 12.6. The topological polar surface area (TPSA) is 60.8 Å². The lowest BCUT2D eigenvalue weighted by Crippen LogP contribution is -2.32. The highest BCUT2D eigenvalue weighted by atomic mass is 16.5. The monoisotopic (exact) mass is 352 g/mol. The highest BCUT2D eigenvalue weighted by Gasteiger charge is 2.24. The summed E-state index contributed by atoms with van der Waals surface area (Å²) in [5.74, 6) is -0.0789. The standard InChI is InChI=1S/C19H32N2O4/c1-15(2)13-17(19(23)25-12-6-11-24-5)21-10-8-16(14-18(21)22)7-9-20(3)4/h8,10,14-15,17H,6-7,9,11-13H2,1-5H3. The van der Waals surface area contributed by atoms with E-state index in [1.54, 1.807) is 19.4 Å². The Labute approximate surface area is 150 Å². The van der Waals surface area contributed by atoms with Crippen LogP contribution in [0.2, 0.25) is 0 Å². The summed E-state index contributed by atoms with van der Waals surface area (Å²) >= 11 is 0. The first-order chi connectivity index (χ1) is 11.8. The van der Waals surface area contributed by atoms with Gasteiger partial charge in [-0.15, -0.1) is 0 Å². The Kier molecular flexibility index (Phi) is 9.45. The Bertz CT molecular complexity index is 581. The average molecular weight is 352 g/mol. The number of methoxy groups -OCH3 is 1. The van der Waals surface area contributed by atoms with E-state index in [-0.39, 0.29) is 17.4 Å². The van der Waals surface area contributed by atoms with Crippen LogP contribution in [0.5, 0.6) is 0 Å². The molecule has 6 nitrogen and oxygen atoms in total. The molecule has 142 valence electrons. The smallest absolute Gasteiger partial charge is 0.329 e. The van der Waals surface area contributed by atoms with Gasteiger partial charge in [0.2, 0.25) is 0 Å². The van der Waals surface area contributed by atoms with Gasteiger partial charge in [0.05, 0.1) is 6.61 Å². The SMILES string of the molecule is COCCCOC(=O)C(CC(C)C)n1ccc(CCN(C)C)cc1=O. The Morgan fingerprint density at radius 2 is 2.00 bits per heavy atom. The van der Waals surface area contributed by atoms with Crippen molar-refractivity contribution >= 4 is 5.97 Å². The molecule has 1 aromatic heterocycles. The van der Waals surface area contributed by atoms with E-state index in [2.05, 4.69) is 4.90 Å². The molecule has 0 fully saturated rings. The molecule has 25 heavy (non-hydrogen) atoms. The second-order valence-corrected chi connectivity index (χ2v) is 6.99. The first kappa shape index (κ1) is 21.4. The molecule has 0 N–H and O–H groups in total. The first-order valence-corrected chi connectivity index (χ1v) is 8.86. The van der Waals surface area contributed by atoms with Crippen molar-refractivity contribution in [2.45, 2.75) is 39.2 Å². The van der Waals surface area contributed by atoms with Gasteiger partial charge < -0.3 is 18.9 Å². The molecule has 0 aromatic carbocycles. The van der Waals surface area contributed by atoms with Crippen LogP contribution in [0.1, 0.15) is 38.3 Å². The van der Waals surface area contributed by atoms with Crippen LogP contribution in [-0.2, 0) is 20.7 Å². The van der Waals surface area contributed by atoms with Crippen LogP contribution in [0.3, 0.4) is 0 Å².